The van der Waals surface area contributed by atoms with Crippen LogP contribution in [-0.2, 0) is 12.8 Å². The zero-order valence-electron chi connectivity index (χ0n) is 11.1. The van der Waals surface area contributed by atoms with Crippen LogP contribution in [0.3, 0.4) is 0 Å². The van der Waals surface area contributed by atoms with Gasteiger partial charge in [-0.15, -0.1) is 0 Å². The molecule has 1 aliphatic rings. The van der Waals surface area contributed by atoms with Crippen LogP contribution in [0, 0.1) is 0 Å². The zero-order valence-corrected chi connectivity index (χ0v) is 11.1. The highest BCUT2D eigenvalue weighted by Gasteiger charge is 2.27. The van der Waals surface area contributed by atoms with Crippen molar-refractivity contribution in [3.63, 3.8) is 0 Å². The van der Waals surface area contributed by atoms with E-state index in [4.69, 9.17) is 4.42 Å². The van der Waals surface area contributed by atoms with Crippen molar-refractivity contribution < 1.29 is 9.52 Å². The molecule has 19 heavy (non-hydrogen) atoms. The molecule has 2 aromatic rings. The van der Waals surface area contributed by atoms with E-state index >= 15 is 0 Å². The Morgan fingerprint density at radius 2 is 2.16 bits per heavy atom. The molecule has 0 saturated carbocycles. The van der Waals surface area contributed by atoms with Crippen molar-refractivity contribution >= 4 is 5.69 Å². The molecule has 1 aromatic carbocycles. The number of aliphatic hydroxyl groups is 1. The topological polar surface area (TPSA) is 45.4 Å². The minimum Gasteiger partial charge on any atom is -0.463 e. The second kappa shape index (κ2) is 5.10. The van der Waals surface area contributed by atoms with E-state index in [9.17, 15) is 5.11 Å². The van der Waals surface area contributed by atoms with E-state index in [-0.39, 0.29) is 6.04 Å². The van der Waals surface area contributed by atoms with Gasteiger partial charge in [-0.25, -0.2) is 0 Å². The summed E-state index contributed by atoms with van der Waals surface area (Å²) in [7, 11) is 0. The van der Waals surface area contributed by atoms with Crippen molar-refractivity contribution in [3.8, 4) is 0 Å². The maximum Gasteiger partial charge on any atom is 0.134 e. The number of hydrogen-bond acceptors (Lipinski definition) is 3. The van der Waals surface area contributed by atoms with Crippen LogP contribution in [0.25, 0.3) is 0 Å². The molecule has 0 aliphatic carbocycles. The summed E-state index contributed by atoms with van der Waals surface area (Å²) in [6.45, 7) is 2.05. The van der Waals surface area contributed by atoms with Crippen LogP contribution in [-0.4, -0.2) is 11.1 Å². The van der Waals surface area contributed by atoms with Crippen molar-refractivity contribution in [2.45, 2.75) is 38.3 Å². The number of hydrogen-bond donors (Lipinski definition) is 2. The molecule has 1 aromatic heterocycles. The number of aryl methyl sites for hydroxylation is 2. The van der Waals surface area contributed by atoms with Gasteiger partial charge >= 0.3 is 0 Å². The molecular weight excluding hydrogens is 238 g/mol. The third kappa shape index (κ3) is 2.38. The fourth-order valence-corrected chi connectivity index (χ4v) is 2.64. The molecule has 0 fully saturated rings. The first kappa shape index (κ1) is 12.3. The maximum atomic E-state index is 10.4. The molecule has 2 unspecified atom stereocenters. The second-order valence-corrected chi connectivity index (χ2v) is 5.05. The van der Waals surface area contributed by atoms with Crippen molar-refractivity contribution in [2.24, 2.45) is 0 Å². The molecule has 0 saturated heterocycles. The van der Waals surface area contributed by atoms with Gasteiger partial charge in [0.1, 0.15) is 17.6 Å². The average Bonchev–Trinajstić information content (AvgIpc) is 2.95. The molecule has 3 heteroatoms. The minimum atomic E-state index is -0.589. The number of nitrogens with one attached hydrogen (secondary N) is 1. The first-order chi connectivity index (χ1) is 9.28. The summed E-state index contributed by atoms with van der Waals surface area (Å²) in [5.74, 6) is 1.58. The maximum absolute atomic E-state index is 10.4. The molecule has 0 amide bonds. The number of para-hydroxylation sites is 1. The number of benzene rings is 1. The van der Waals surface area contributed by atoms with Crippen LogP contribution in [0.5, 0.6) is 0 Å². The molecule has 2 N–H and O–H groups in total. The summed E-state index contributed by atoms with van der Waals surface area (Å²) < 4.78 is 5.65. The van der Waals surface area contributed by atoms with Crippen LogP contribution >= 0.6 is 0 Å². The number of aliphatic hydroxyl groups excluding tert-OH is 1. The summed E-state index contributed by atoms with van der Waals surface area (Å²) in [5.41, 5.74) is 2.44. The molecule has 3 rings (SSSR count). The number of rotatable bonds is 3. The Labute approximate surface area is 113 Å². The van der Waals surface area contributed by atoms with Crippen molar-refractivity contribution in [1.29, 1.82) is 0 Å². The van der Waals surface area contributed by atoms with E-state index in [1.807, 2.05) is 25.1 Å². The van der Waals surface area contributed by atoms with E-state index in [2.05, 4.69) is 23.5 Å². The molecule has 0 spiro atoms. The highest BCUT2D eigenvalue weighted by molar-refractivity contribution is 5.54. The lowest BCUT2D eigenvalue weighted by atomic mass is 9.94. The van der Waals surface area contributed by atoms with Gasteiger partial charge in [0, 0.05) is 12.1 Å². The van der Waals surface area contributed by atoms with E-state index < -0.39 is 6.10 Å². The molecule has 0 radical (unpaired) electrons. The highest BCUT2D eigenvalue weighted by Crippen LogP contribution is 2.31. The van der Waals surface area contributed by atoms with Gasteiger partial charge in [-0.3, -0.25) is 0 Å². The molecular formula is C16H19NO2. The predicted octanol–water partition coefficient (Wildman–Crippen LogP) is 3.30. The van der Waals surface area contributed by atoms with Gasteiger partial charge in [0.2, 0.25) is 0 Å². The normalized spacial score (nSPS) is 19.6. The van der Waals surface area contributed by atoms with Gasteiger partial charge in [0.15, 0.2) is 0 Å². The van der Waals surface area contributed by atoms with Crippen molar-refractivity contribution in [3.05, 3.63) is 53.5 Å². The molecule has 2 atom stereocenters. The lowest BCUT2D eigenvalue weighted by Crippen LogP contribution is -2.31. The van der Waals surface area contributed by atoms with Crippen LogP contribution in [0.4, 0.5) is 5.69 Å². The Balaban J connectivity index is 1.77. The first-order valence-corrected chi connectivity index (χ1v) is 6.89. The first-order valence-electron chi connectivity index (χ1n) is 6.89. The van der Waals surface area contributed by atoms with E-state index in [1.165, 1.54) is 5.56 Å². The fraction of sp³-hybridized carbons (Fsp3) is 0.375. The SMILES string of the molecule is CCc1ccc(C(O)C2CCc3ccccc3N2)o1. The van der Waals surface area contributed by atoms with Crippen molar-refractivity contribution in [2.75, 3.05) is 5.32 Å². The van der Waals surface area contributed by atoms with Crippen molar-refractivity contribution in [1.82, 2.24) is 0 Å². The van der Waals surface area contributed by atoms with Crippen LogP contribution in [0.1, 0.15) is 36.5 Å². The number of anilines is 1. The summed E-state index contributed by atoms with van der Waals surface area (Å²) in [6, 6.07) is 12.1. The largest absolute Gasteiger partial charge is 0.463 e. The number of furan rings is 1. The standard InChI is InChI=1S/C16H19NO2/c1-2-12-8-10-15(19-12)16(18)14-9-7-11-5-3-4-6-13(11)17-14/h3-6,8,10,14,16-18H,2,7,9H2,1H3. The highest BCUT2D eigenvalue weighted by atomic mass is 16.4. The summed E-state index contributed by atoms with van der Waals surface area (Å²) in [6.07, 6.45) is 2.17. The average molecular weight is 257 g/mol. The Kier molecular flexibility index (Phi) is 3.30. The Morgan fingerprint density at radius 3 is 2.95 bits per heavy atom. The fourth-order valence-electron chi connectivity index (χ4n) is 2.64. The molecule has 3 nitrogen and oxygen atoms in total. The van der Waals surface area contributed by atoms with E-state index in [0.717, 1.165) is 30.7 Å². The van der Waals surface area contributed by atoms with Gasteiger partial charge in [0.05, 0.1) is 6.04 Å². The quantitative estimate of drug-likeness (QED) is 0.886. The predicted molar refractivity (Wildman–Crippen MR) is 75.2 cm³/mol. The third-order valence-electron chi connectivity index (χ3n) is 3.79. The summed E-state index contributed by atoms with van der Waals surface area (Å²) >= 11 is 0. The van der Waals surface area contributed by atoms with Gasteiger partial charge in [-0.2, -0.15) is 0 Å². The second-order valence-electron chi connectivity index (χ2n) is 5.05. The molecule has 100 valence electrons. The van der Waals surface area contributed by atoms with Gasteiger partial charge < -0.3 is 14.8 Å². The minimum absolute atomic E-state index is 0.0192. The van der Waals surface area contributed by atoms with Crippen LogP contribution in [0.2, 0.25) is 0 Å². The Hall–Kier alpha value is -1.74. The number of fused-ring (bicyclic) bond motifs is 1. The van der Waals surface area contributed by atoms with Gasteiger partial charge in [0.25, 0.3) is 0 Å². The monoisotopic (exact) mass is 257 g/mol. The van der Waals surface area contributed by atoms with Crippen LogP contribution < -0.4 is 5.32 Å². The van der Waals surface area contributed by atoms with Crippen LogP contribution in [0.15, 0.2) is 40.8 Å². The van der Waals surface area contributed by atoms with E-state index in [0.29, 0.717) is 5.76 Å². The Bertz CT molecular complexity index is 561. The van der Waals surface area contributed by atoms with Gasteiger partial charge in [-0.05, 0) is 36.6 Å². The lowest BCUT2D eigenvalue weighted by molar-refractivity contribution is 0.122. The lowest BCUT2D eigenvalue weighted by Gasteiger charge is -2.29. The zero-order chi connectivity index (χ0) is 13.2. The molecule has 2 heterocycles. The van der Waals surface area contributed by atoms with Gasteiger partial charge in [-0.1, -0.05) is 25.1 Å². The summed E-state index contributed by atoms with van der Waals surface area (Å²) in [5, 5.41) is 13.8. The summed E-state index contributed by atoms with van der Waals surface area (Å²) in [4.78, 5) is 0. The van der Waals surface area contributed by atoms with E-state index in [1.54, 1.807) is 0 Å². The smallest absolute Gasteiger partial charge is 0.134 e. The Morgan fingerprint density at radius 1 is 1.32 bits per heavy atom. The molecule has 0 bridgehead atoms. The molecule has 1 aliphatic heterocycles. The third-order valence-corrected chi connectivity index (χ3v) is 3.79.